The number of benzene rings is 2. The van der Waals surface area contributed by atoms with Gasteiger partial charge in [-0.1, -0.05) is 49.7 Å². The molecule has 6 nitrogen and oxygen atoms in total. The van der Waals surface area contributed by atoms with Gasteiger partial charge in [-0.3, -0.25) is 9.59 Å². The first kappa shape index (κ1) is 23.9. The fraction of sp³-hybridized carbons (Fsp3) is 0.333. The first-order valence-electron chi connectivity index (χ1n) is 11.5. The number of carbonyl (C=O) groups is 2. The average Bonchev–Trinajstić information content (AvgIpc) is 3.32. The zero-order chi connectivity index (χ0) is 24.2. The van der Waals surface area contributed by atoms with E-state index in [4.69, 9.17) is 16.3 Å². The maximum atomic E-state index is 13.7. The number of amides is 2. The summed E-state index contributed by atoms with van der Waals surface area (Å²) in [4.78, 5) is 30.6. The molecule has 4 rings (SSSR count). The molecule has 0 saturated heterocycles. The standard InChI is InChI=1S/C27H30ClN3O3/c1-19(2)17-30(27(33)20-8-6-9-21(16-20)34-3)18-25(32)31-15-14-29-13-7-12-24(29)26(31)22-10-4-5-11-23(22)28/h4-13,16,19,26H,14-15,17-18H2,1-3H3/t26-/m0/s1. The second-order valence-corrected chi connectivity index (χ2v) is 9.36. The van der Waals surface area contributed by atoms with Crippen LogP contribution < -0.4 is 4.74 Å². The van der Waals surface area contributed by atoms with Crippen molar-refractivity contribution in [2.75, 3.05) is 26.7 Å². The molecule has 178 valence electrons. The number of halogens is 1. The Morgan fingerprint density at radius 2 is 1.88 bits per heavy atom. The molecule has 34 heavy (non-hydrogen) atoms. The van der Waals surface area contributed by atoms with E-state index in [0.717, 1.165) is 11.3 Å². The molecule has 0 radical (unpaired) electrons. The molecule has 0 aliphatic carbocycles. The number of methoxy groups -OCH3 is 1. The molecule has 0 spiro atoms. The Kier molecular flexibility index (Phi) is 7.27. The van der Waals surface area contributed by atoms with Gasteiger partial charge in [0.25, 0.3) is 5.91 Å². The van der Waals surface area contributed by atoms with Crippen molar-refractivity contribution < 1.29 is 14.3 Å². The van der Waals surface area contributed by atoms with E-state index in [0.29, 0.717) is 36.0 Å². The van der Waals surface area contributed by atoms with Gasteiger partial charge in [0.05, 0.1) is 13.2 Å². The molecule has 3 aromatic rings. The van der Waals surface area contributed by atoms with Crippen LogP contribution in [0.3, 0.4) is 0 Å². The van der Waals surface area contributed by atoms with E-state index in [-0.39, 0.29) is 30.3 Å². The zero-order valence-corrected chi connectivity index (χ0v) is 20.5. The van der Waals surface area contributed by atoms with E-state index in [1.54, 1.807) is 36.3 Å². The summed E-state index contributed by atoms with van der Waals surface area (Å²) in [7, 11) is 1.57. The molecule has 1 aliphatic heterocycles. The lowest BCUT2D eigenvalue weighted by Crippen LogP contribution is -2.48. The predicted molar refractivity (Wildman–Crippen MR) is 133 cm³/mol. The smallest absolute Gasteiger partial charge is 0.254 e. The van der Waals surface area contributed by atoms with Crippen molar-refractivity contribution in [1.82, 2.24) is 14.4 Å². The SMILES string of the molecule is COc1cccc(C(=O)N(CC(=O)N2CCn3cccc3[C@@H]2c2ccccc2Cl)CC(C)C)c1. The van der Waals surface area contributed by atoms with Crippen LogP contribution in [0.15, 0.2) is 66.9 Å². The Morgan fingerprint density at radius 1 is 1.09 bits per heavy atom. The maximum absolute atomic E-state index is 13.7. The first-order valence-corrected chi connectivity index (χ1v) is 11.9. The van der Waals surface area contributed by atoms with Crippen LogP contribution in [0.2, 0.25) is 5.02 Å². The Morgan fingerprint density at radius 3 is 2.62 bits per heavy atom. The molecule has 0 bridgehead atoms. The van der Waals surface area contributed by atoms with Gasteiger partial charge >= 0.3 is 0 Å². The third-order valence-electron chi connectivity index (χ3n) is 6.07. The van der Waals surface area contributed by atoms with E-state index in [1.807, 2.05) is 61.3 Å². The van der Waals surface area contributed by atoms with Crippen molar-refractivity contribution in [3.63, 3.8) is 0 Å². The fourth-order valence-corrected chi connectivity index (χ4v) is 4.77. The minimum Gasteiger partial charge on any atom is -0.497 e. The second-order valence-electron chi connectivity index (χ2n) is 8.95. The van der Waals surface area contributed by atoms with Gasteiger partial charge < -0.3 is 19.1 Å². The van der Waals surface area contributed by atoms with Gasteiger partial charge in [0.2, 0.25) is 5.91 Å². The third-order valence-corrected chi connectivity index (χ3v) is 6.42. The van der Waals surface area contributed by atoms with Crippen molar-refractivity contribution in [2.45, 2.75) is 26.4 Å². The summed E-state index contributed by atoms with van der Waals surface area (Å²) in [5.41, 5.74) is 2.40. The van der Waals surface area contributed by atoms with Crippen molar-refractivity contribution in [3.05, 3.63) is 88.7 Å². The van der Waals surface area contributed by atoms with Crippen LogP contribution in [0.4, 0.5) is 0 Å². The van der Waals surface area contributed by atoms with Gasteiger partial charge in [-0.25, -0.2) is 0 Å². The highest BCUT2D eigenvalue weighted by atomic mass is 35.5. The van der Waals surface area contributed by atoms with E-state index in [2.05, 4.69) is 4.57 Å². The number of ether oxygens (including phenoxy) is 1. The Hall–Kier alpha value is -3.25. The topological polar surface area (TPSA) is 54.8 Å². The Labute approximate surface area is 205 Å². The van der Waals surface area contributed by atoms with Gasteiger partial charge in [-0.15, -0.1) is 0 Å². The van der Waals surface area contributed by atoms with Gasteiger partial charge in [-0.05, 0) is 47.9 Å². The molecule has 0 fully saturated rings. The van der Waals surface area contributed by atoms with Crippen LogP contribution in [-0.2, 0) is 11.3 Å². The molecule has 0 N–H and O–H groups in total. The number of fused-ring (bicyclic) bond motifs is 1. The van der Waals surface area contributed by atoms with E-state index in [9.17, 15) is 9.59 Å². The highest BCUT2D eigenvalue weighted by Gasteiger charge is 2.34. The van der Waals surface area contributed by atoms with E-state index >= 15 is 0 Å². The normalized spacial score (nSPS) is 15.2. The monoisotopic (exact) mass is 479 g/mol. The zero-order valence-electron chi connectivity index (χ0n) is 19.8. The average molecular weight is 480 g/mol. The summed E-state index contributed by atoms with van der Waals surface area (Å²) in [6.45, 7) is 5.79. The lowest BCUT2D eigenvalue weighted by Gasteiger charge is -2.39. The first-order chi connectivity index (χ1) is 16.4. The molecule has 2 heterocycles. The van der Waals surface area contributed by atoms with Crippen molar-refractivity contribution in [2.24, 2.45) is 5.92 Å². The number of aromatic nitrogens is 1. The number of hydrogen-bond acceptors (Lipinski definition) is 3. The minimum absolute atomic E-state index is 0.00408. The molecule has 0 saturated carbocycles. The lowest BCUT2D eigenvalue weighted by molar-refractivity contribution is -0.134. The molecule has 0 unspecified atom stereocenters. The second kappa shape index (κ2) is 10.3. The number of hydrogen-bond donors (Lipinski definition) is 0. The largest absolute Gasteiger partial charge is 0.497 e. The fourth-order valence-electron chi connectivity index (χ4n) is 4.53. The summed E-state index contributed by atoms with van der Waals surface area (Å²) in [5, 5.41) is 0.617. The molecular weight excluding hydrogens is 450 g/mol. The molecule has 2 amide bonds. The number of rotatable bonds is 7. The lowest BCUT2D eigenvalue weighted by atomic mass is 9.99. The molecule has 1 atom stereocenters. The molecule has 7 heteroatoms. The Bertz CT molecular complexity index is 1170. The van der Waals surface area contributed by atoms with Gasteiger partial charge in [-0.2, -0.15) is 0 Å². The maximum Gasteiger partial charge on any atom is 0.254 e. The van der Waals surface area contributed by atoms with Gasteiger partial charge in [0.15, 0.2) is 0 Å². The van der Waals surface area contributed by atoms with Gasteiger partial charge in [0.1, 0.15) is 12.3 Å². The van der Waals surface area contributed by atoms with Crippen LogP contribution in [0, 0.1) is 5.92 Å². The highest BCUT2D eigenvalue weighted by molar-refractivity contribution is 6.31. The van der Waals surface area contributed by atoms with Crippen molar-refractivity contribution in [1.29, 1.82) is 0 Å². The molecule has 2 aromatic carbocycles. The van der Waals surface area contributed by atoms with Crippen molar-refractivity contribution in [3.8, 4) is 5.75 Å². The molecular formula is C27H30ClN3O3. The summed E-state index contributed by atoms with van der Waals surface area (Å²) < 4.78 is 7.44. The minimum atomic E-state index is -0.308. The summed E-state index contributed by atoms with van der Waals surface area (Å²) in [6.07, 6.45) is 2.03. The van der Waals surface area contributed by atoms with Crippen molar-refractivity contribution >= 4 is 23.4 Å². The van der Waals surface area contributed by atoms with Crippen LogP contribution in [0.1, 0.15) is 41.5 Å². The van der Waals surface area contributed by atoms with Gasteiger partial charge in [0, 0.05) is 42.1 Å². The Balaban J connectivity index is 1.63. The summed E-state index contributed by atoms with van der Waals surface area (Å²) in [6, 6.07) is 18.4. The van der Waals surface area contributed by atoms with Crippen LogP contribution in [0.25, 0.3) is 0 Å². The number of carbonyl (C=O) groups excluding carboxylic acids is 2. The third kappa shape index (κ3) is 4.97. The van der Waals surface area contributed by atoms with Crippen LogP contribution in [0.5, 0.6) is 5.75 Å². The van der Waals surface area contributed by atoms with E-state index in [1.165, 1.54) is 0 Å². The number of nitrogens with zero attached hydrogens (tertiary/aromatic N) is 3. The highest BCUT2D eigenvalue weighted by Crippen LogP contribution is 2.36. The van der Waals surface area contributed by atoms with E-state index < -0.39 is 0 Å². The van der Waals surface area contributed by atoms with Crippen LogP contribution >= 0.6 is 11.6 Å². The quantitative estimate of drug-likeness (QED) is 0.485. The van der Waals surface area contributed by atoms with Crippen LogP contribution in [-0.4, -0.2) is 52.9 Å². The summed E-state index contributed by atoms with van der Waals surface area (Å²) >= 11 is 6.57. The molecule has 1 aromatic heterocycles. The summed E-state index contributed by atoms with van der Waals surface area (Å²) in [5.74, 6) is 0.530. The molecule has 1 aliphatic rings. The predicted octanol–water partition coefficient (Wildman–Crippen LogP) is 4.88.